The van der Waals surface area contributed by atoms with E-state index in [4.69, 9.17) is 0 Å². The van der Waals surface area contributed by atoms with Crippen LogP contribution in [-0.4, -0.2) is 33.8 Å². The summed E-state index contributed by atoms with van der Waals surface area (Å²) in [5.74, 6) is 0.569. The third-order valence-electron chi connectivity index (χ3n) is 3.49. The first kappa shape index (κ1) is 14.5. The van der Waals surface area contributed by atoms with E-state index in [0.29, 0.717) is 12.5 Å². The van der Waals surface area contributed by atoms with Gasteiger partial charge in [-0.05, 0) is 43.8 Å². The molecule has 0 bridgehead atoms. The Labute approximate surface area is 115 Å². The standard InChI is InChI=1S/C14H22N2O2S/c17-19(18,12-14-6-9-15-10-7-14)16-11-8-13-4-2-1-3-5-13/h1-5,14-16H,6-12H2. The average molecular weight is 282 g/mol. The van der Waals surface area contributed by atoms with Gasteiger partial charge in [-0.2, -0.15) is 0 Å². The SMILES string of the molecule is O=S(=O)(CC1CCNCC1)NCCc1ccccc1. The normalized spacial score (nSPS) is 17.5. The molecule has 0 unspecified atom stereocenters. The Morgan fingerprint density at radius 2 is 1.84 bits per heavy atom. The van der Waals surface area contributed by atoms with Crippen molar-refractivity contribution in [3.8, 4) is 0 Å². The summed E-state index contributed by atoms with van der Waals surface area (Å²) in [4.78, 5) is 0. The van der Waals surface area contributed by atoms with Gasteiger partial charge in [0.05, 0.1) is 5.75 Å². The molecule has 2 N–H and O–H groups in total. The van der Waals surface area contributed by atoms with Crippen LogP contribution < -0.4 is 10.0 Å². The van der Waals surface area contributed by atoms with Crippen LogP contribution in [0.15, 0.2) is 30.3 Å². The molecule has 0 aromatic heterocycles. The number of hydrogen-bond donors (Lipinski definition) is 2. The van der Waals surface area contributed by atoms with Crippen molar-refractivity contribution in [3.63, 3.8) is 0 Å². The van der Waals surface area contributed by atoms with E-state index < -0.39 is 10.0 Å². The fourth-order valence-corrected chi connectivity index (χ4v) is 3.90. The Balaban J connectivity index is 1.74. The molecule has 1 aromatic carbocycles. The molecule has 1 aromatic rings. The van der Waals surface area contributed by atoms with Crippen LogP contribution in [0, 0.1) is 5.92 Å². The molecule has 0 amide bonds. The van der Waals surface area contributed by atoms with Crippen LogP contribution in [-0.2, 0) is 16.4 Å². The Hall–Kier alpha value is -0.910. The van der Waals surface area contributed by atoms with E-state index in [-0.39, 0.29) is 5.75 Å². The summed E-state index contributed by atoms with van der Waals surface area (Å²) >= 11 is 0. The van der Waals surface area contributed by atoms with Crippen molar-refractivity contribution in [2.24, 2.45) is 5.92 Å². The van der Waals surface area contributed by atoms with Crippen LogP contribution in [0.4, 0.5) is 0 Å². The molecular formula is C14H22N2O2S. The number of nitrogens with one attached hydrogen (secondary N) is 2. The Morgan fingerprint density at radius 3 is 2.53 bits per heavy atom. The lowest BCUT2D eigenvalue weighted by atomic mass is 10.0. The summed E-state index contributed by atoms with van der Waals surface area (Å²) < 4.78 is 26.6. The summed E-state index contributed by atoms with van der Waals surface area (Å²) in [5, 5.41) is 3.25. The zero-order valence-corrected chi connectivity index (χ0v) is 12.0. The van der Waals surface area contributed by atoms with Crippen LogP contribution in [0.1, 0.15) is 18.4 Å². The van der Waals surface area contributed by atoms with E-state index in [1.54, 1.807) is 0 Å². The molecule has 1 aliphatic heterocycles. The summed E-state index contributed by atoms with van der Waals surface area (Å²) in [6.07, 6.45) is 2.66. The van der Waals surface area contributed by atoms with Crippen molar-refractivity contribution >= 4 is 10.0 Å². The number of rotatable bonds is 6. The minimum Gasteiger partial charge on any atom is -0.317 e. The van der Waals surface area contributed by atoms with Gasteiger partial charge in [-0.1, -0.05) is 30.3 Å². The smallest absolute Gasteiger partial charge is 0.211 e. The molecule has 0 radical (unpaired) electrons. The highest BCUT2D eigenvalue weighted by Gasteiger charge is 2.20. The van der Waals surface area contributed by atoms with Gasteiger partial charge in [-0.15, -0.1) is 0 Å². The van der Waals surface area contributed by atoms with Crippen LogP contribution in [0.5, 0.6) is 0 Å². The molecule has 1 fully saturated rings. The molecule has 1 aliphatic rings. The molecule has 0 spiro atoms. The van der Waals surface area contributed by atoms with Crippen molar-refractivity contribution in [1.82, 2.24) is 10.0 Å². The topological polar surface area (TPSA) is 58.2 Å². The lowest BCUT2D eigenvalue weighted by Gasteiger charge is -2.22. The van der Waals surface area contributed by atoms with Gasteiger partial charge in [0.25, 0.3) is 0 Å². The Bertz CT molecular complexity index is 467. The van der Waals surface area contributed by atoms with Gasteiger partial charge >= 0.3 is 0 Å². The van der Waals surface area contributed by atoms with E-state index in [2.05, 4.69) is 10.0 Å². The second-order valence-electron chi connectivity index (χ2n) is 5.10. The highest BCUT2D eigenvalue weighted by molar-refractivity contribution is 7.89. The van der Waals surface area contributed by atoms with E-state index in [1.807, 2.05) is 30.3 Å². The van der Waals surface area contributed by atoms with Crippen LogP contribution in [0.25, 0.3) is 0 Å². The van der Waals surface area contributed by atoms with Gasteiger partial charge in [-0.25, -0.2) is 13.1 Å². The molecular weight excluding hydrogens is 260 g/mol. The molecule has 0 atom stereocenters. The third-order valence-corrected chi connectivity index (χ3v) is 5.05. The molecule has 0 aliphatic carbocycles. The molecule has 4 nitrogen and oxygen atoms in total. The maximum Gasteiger partial charge on any atom is 0.211 e. The predicted octanol–water partition coefficient (Wildman–Crippen LogP) is 1.15. The molecule has 0 saturated carbocycles. The Kier molecular flexibility index (Phi) is 5.36. The van der Waals surface area contributed by atoms with Gasteiger partial charge in [-0.3, -0.25) is 0 Å². The molecule has 1 heterocycles. The summed E-state index contributed by atoms with van der Waals surface area (Å²) in [6, 6.07) is 9.94. The highest BCUT2D eigenvalue weighted by Crippen LogP contribution is 2.13. The second-order valence-corrected chi connectivity index (χ2v) is 6.96. The molecule has 19 heavy (non-hydrogen) atoms. The number of piperidine rings is 1. The summed E-state index contributed by atoms with van der Waals surface area (Å²) in [5.41, 5.74) is 1.16. The van der Waals surface area contributed by atoms with E-state index in [0.717, 1.165) is 37.9 Å². The Morgan fingerprint density at radius 1 is 1.16 bits per heavy atom. The molecule has 5 heteroatoms. The minimum atomic E-state index is -3.13. The van der Waals surface area contributed by atoms with E-state index >= 15 is 0 Å². The first-order valence-corrected chi connectivity index (χ1v) is 8.53. The minimum absolute atomic E-state index is 0.267. The lowest BCUT2D eigenvalue weighted by Crippen LogP contribution is -2.36. The molecule has 2 rings (SSSR count). The van der Waals surface area contributed by atoms with Crippen molar-refractivity contribution in [3.05, 3.63) is 35.9 Å². The van der Waals surface area contributed by atoms with Crippen molar-refractivity contribution in [2.45, 2.75) is 19.3 Å². The largest absolute Gasteiger partial charge is 0.317 e. The number of benzene rings is 1. The van der Waals surface area contributed by atoms with Gasteiger partial charge in [0, 0.05) is 6.54 Å². The van der Waals surface area contributed by atoms with Crippen LogP contribution in [0.3, 0.4) is 0 Å². The average Bonchev–Trinajstić information content (AvgIpc) is 2.40. The number of hydrogen-bond acceptors (Lipinski definition) is 3. The van der Waals surface area contributed by atoms with Crippen molar-refractivity contribution in [1.29, 1.82) is 0 Å². The second kappa shape index (κ2) is 7.03. The zero-order chi connectivity index (χ0) is 13.6. The first-order chi connectivity index (χ1) is 9.16. The number of sulfonamides is 1. The van der Waals surface area contributed by atoms with E-state index in [9.17, 15) is 8.42 Å². The maximum atomic E-state index is 12.0. The van der Waals surface area contributed by atoms with Crippen molar-refractivity contribution < 1.29 is 8.42 Å². The first-order valence-electron chi connectivity index (χ1n) is 6.88. The highest BCUT2D eigenvalue weighted by atomic mass is 32.2. The predicted molar refractivity (Wildman–Crippen MR) is 77.5 cm³/mol. The van der Waals surface area contributed by atoms with Crippen LogP contribution >= 0.6 is 0 Å². The summed E-state index contributed by atoms with van der Waals surface area (Å²) in [7, 11) is -3.13. The molecule has 106 valence electrons. The zero-order valence-electron chi connectivity index (χ0n) is 11.1. The van der Waals surface area contributed by atoms with Crippen molar-refractivity contribution in [2.75, 3.05) is 25.4 Å². The lowest BCUT2D eigenvalue weighted by molar-refractivity contribution is 0.400. The third kappa shape index (κ3) is 5.30. The quantitative estimate of drug-likeness (QED) is 0.823. The summed E-state index contributed by atoms with van der Waals surface area (Å²) in [6.45, 7) is 2.35. The molecule has 1 saturated heterocycles. The van der Waals surface area contributed by atoms with Gasteiger partial charge in [0.15, 0.2) is 0 Å². The maximum absolute atomic E-state index is 12.0. The van der Waals surface area contributed by atoms with Gasteiger partial charge in [0.2, 0.25) is 10.0 Å². The van der Waals surface area contributed by atoms with E-state index in [1.165, 1.54) is 0 Å². The van der Waals surface area contributed by atoms with Gasteiger partial charge in [0.1, 0.15) is 0 Å². The van der Waals surface area contributed by atoms with Gasteiger partial charge < -0.3 is 5.32 Å². The van der Waals surface area contributed by atoms with Crippen LogP contribution in [0.2, 0.25) is 0 Å². The fraction of sp³-hybridized carbons (Fsp3) is 0.571. The monoisotopic (exact) mass is 282 g/mol. The fourth-order valence-electron chi connectivity index (χ4n) is 2.41.